The molecule has 5 aromatic rings. The minimum Gasteiger partial charge on any atom is -0.459 e. The topological polar surface area (TPSA) is 181 Å². The highest BCUT2D eigenvalue weighted by molar-refractivity contribution is 6.03. The summed E-state index contributed by atoms with van der Waals surface area (Å²) in [5.41, 5.74) is 3.72. The lowest BCUT2D eigenvalue weighted by Gasteiger charge is -2.59. The van der Waals surface area contributed by atoms with Gasteiger partial charge in [0, 0.05) is 49.8 Å². The summed E-state index contributed by atoms with van der Waals surface area (Å²) in [6.45, 7) is 6.28. The molecule has 0 spiro atoms. The predicted molar refractivity (Wildman–Crippen MR) is 262 cm³/mol. The summed E-state index contributed by atoms with van der Waals surface area (Å²) in [6, 6.07) is 30.8. The Morgan fingerprint density at radius 2 is 1.61 bits per heavy atom. The van der Waals surface area contributed by atoms with Crippen LogP contribution in [0.4, 0.5) is 10.5 Å². The maximum Gasteiger partial charge on any atom is 0.410 e. The van der Waals surface area contributed by atoms with Crippen molar-refractivity contribution < 1.29 is 53.2 Å². The van der Waals surface area contributed by atoms with E-state index in [1.165, 1.54) is 12.1 Å². The Morgan fingerprint density at radius 3 is 2.39 bits per heavy atom. The van der Waals surface area contributed by atoms with E-state index in [1.54, 1.807) is 30.0 Å². The van der Waals surface area contributed by atoms with Gasteiger partial charge in [-0.15, -0.1) is 6.58 Å². The summed E-state index contributed by atoms with van der Waals surface area (Å²) >= 11 is 0. The van der Waals surface area contributed by atoms with Crippen molar-refractivity contribution in [2.75, 3.05) is 33.2 Å². The largest absolute Gasteiger partial charge is 0.459 e. The number of aliphatic hydroxyl groups excluding tert-OH is 2. The number of hydrogen-bond acceptors (Lipinski definition) is 13. The van der Waals surface area contributed by atoms with Gasteiger partial charge in [0.2, 0.25) is 12.6 Å². The second kappa shape index (κ2) is 21.8. The number of nitro groups is 1. The van der Waals surface area contributed by atoms with E-state index >= 15 is 0 Å². The highest BCUT2D eigenvalue weighted by atomic mass is 16.7. The van der Waals surface area contributed by atoms with E-state index < -0.39 is 28.8 Å². The minimum absolute atomic E-state index is 0.0131. The van der Waals surface area contributed by atoms with E-state index in [9.17, 15) is 25.1 Å². The number of ether oxygens (including phenoxy) is 6. The molecule has 0 bridgehead atoms. The van der Waals surface area contributed by atoms with E-state index in [2.05, 4.69) is 30.9 Å². The number of carbonyl (C=O) groups is 1. The second-order valence-electron chi connectivity index (χ2n) is 18.1. The van der Waals surface area contributed by atoms with Gasteiger partial charge in [-0.1, -0.05) is 66.5 Å². The Kier molecular flexibility index (Phi) is 15.0. The van der Waals surface area contributed by atoms with Crippen LogP contribution in [0.1, 0.15) is 74.5 Å². The summed E-state index contributed by atoms with van der Waals surface area (Å²) in [6.07, 6.45) is 7.73. The van der Waals surface area contributed by atoms with Crippen LogP contribution in [0.25, 0.3) is 10.8 Å². The molecule has 15 heteroatoms. The molecule has 2 N–H and O–H groups in total. The molecule has 6 unspecified atom stereocenters. The SMILES string of the molecule is C=CCOC12Oc3ccc(Oc4ccc5ccccc5c4)cc3C3C(CCCCO)C(CCCCO)C=C(C(=NOCc4ccc([N+](=O)[O-])cc4)CC1N(Cc1ccc4c(c1)OCO4)C(=O)OCC)C32. The van der Waals surface area contributed by atoms with E-state index in [-0.39, 0.29) is 76.2 Å². The van der Waals surface area contributed by atoms with Gasteiger partial charge in [0.15, 0.2) is 11.5 Å². The van der Waals surface area contributed by atoms with Crippen LogP contribution in [-0.4, -0.2) is 76.9 Å². The Hall–Kier alpha value is -6.94. The maximum absolute atomic E-state index is 14.7. The number of nitro benzene ring substituents is 1. The molecule has 15 nitrogen and oxygen atoms in total. The first-order chi connectivity index (χ1) is 34.2. The number of hydrogen-bond donors (Lipinski definition) is 2. The van der Waals surface area contributed by atoms with Crippen LogP contribution in [0.5, 0.6) is 28.7 Å². The number of benzene rings is 5. The average molecular weight is 954 g/mol. The van der Waals surface area contributed by atoms with Crippen LogP contribution in [0.2, 0.25) is 0 Å². The number of amides is 1. The summed E-state index contributed by atoms with van der Waals surface area (Å²) < 4.78 is 38.5. The van der Waals surface area contributed by atoms with Crippen LogP contribution in [-0.2, 0) is 27.5 Å². The molecule has 0 radical (unpaired) electrons. The predicted octanol–water partition coefficient (Wildman–Crippen LogP) is 10.8. The highest BCUT2D eigenvalue weighted by Gasteiger charge is 2.65. The standard InChI is InChI=1S/C55H59N3O12/c1-3-27-67-55-51(57(54(61)64-4-2)33-37-17-23-49-50(28-37)66-35-65-49)32-47(56-68-34-36-15-19-41(20-16-36)58(62)63)45-30-40(13-7-9-25-59)44(14-8-10-26-60)52(53(45)55)46-31-43(22-24-48(46)70-55)69-42-21-18-38-11-5-6-12-39(38)29-42/h3,5-6,11-12,15-24,28-31,40,44,51-53,59-60H,1,4,7-10,13-14,25-27,32-35H2,2H3. The fourth-order valence-corrected chi connectivity index (χ4v) is 10.7. The zero-order valence-electron chi connectivity index (χ0n) is 39.3. The number of nitrogens with zero attached hydrogens (tertiary/aromatic N) is 3. The van der Waals surface area contributed by atoms with Gasteiger partial charge in [0.05, 0.1) is 29.8 Å². The van der Waals surface area contributed by atoms with Crippen molar-refractivity contribution in [2.24, 2.45) is 22.9 Å². The fourth-order valence-electron chi connectivity index (χ4n) is 10.7. The van der Waals surface area contributed by atoms with Gasteiger partial charge in [0.25, 0.3) is 5.69 Å². The van der Waals surface area contributed by atoms with Crippen LogP contribution in [0, 0.1) is 27.9 Å². The molecule has 0 aromatic heterocycles. The molecule has 70 heavy (non-hydrogen) atoms. The molecule has 5 aromatic carbocycles. The molecular weight excluding hydrogens is 895 g/mol. The fraction of sp³-hybridized carbons (Fsp3) is 0.382. The summed E-state index contributed by atoms with van der Waals surface area (Å²) in [4.78, 5) is 33.6. The Balaban J connectivity index is 1.22. The summed E-state index contributed by atoms with van der Waals surface area (Å²) in [5.74, 6) is 0.516. The van der Waals surface area contributed by atoms with Gasteiger partial charge in [0.1, 0.15) is 29.9 Å². The third-order valence-electron chi connectivity index (χ3n) is 13.8. The lowest BCUT2D eigenvalue weighted by atomic mass is 9.55. The number of unbranched alkanes of at least 4 members (excludes halogenated alkanes) is 2. The van der Waals surface area contributed by atoms with Gasteiger partial charge in [-0.05, 0) is 127 Å². The molecule has 9 rings (SSSR count). The zero-order valence-corrected chi connectivity index (χ0v) is 39.3. The van der Waals surface area contributed by atoms with E-state index in [4.69, 9.17) is 38.4 Å². The molecule has 6 atom stereocenters. The summed E-state index contributed by atoms with van der Waals surface area (Å²) in [5, 5.41) is 38.6. The third-order valence-corrected chi connectivity index (χ3v) is 13.8. The highest BCUT2D eigenvalue weighted by Crippen LogP contribution is 2.62. The van der Waals surface area contributed by atoms with Gasteiger partial charge >= 0.3 is 6.09 Å². The lowest BCUT2D eigenvalue weighted by molar-refractivity contribution is -0.384. The van der Waals surface area contributed by atoms with Gasteiger partial charge in [-0.25, -0.2) is 4.79 Å². The smallest absolute Gasteiger partial charge is 0.410 e. The van der Waals surface area contributed by atoms with Crippen molar-refractivity contribution >= 4 is 28.3 Å². The Labute approximate surface area is 407 Å². The molecule has 2 heterocycles. The van der Waals surface area contributed by atoms with E-state index in [0.717, 1.165) is 53.2 Å². The number of aliphatic hydroxyl groups is 2. The number of rotatable bonds is 21. The average Bonchev–Trinajstić information content (AvgIpc) is 3.85. The van der Waals surface area contributed by atoms with Crippen molar-refractivity contribution in [3.05, 3.63) is 154 Å². The molecule has 366 valence electrons. The number of fused-ring (bicyclic) bond motifs is 4. The van der Waals surface area contributed by atoms with Gasteiger partial charge < -0.3 is 43.5 Å². The molecule has 4 aliphatic rings. The number of carbonyl (C=O) groups excluding carboxylic acids is 1. The van der Waals surface area contributed by atoms with Crippen LogP contribution in [0.3, 0.4) is 0 Å². The van der Waals surface area contributed by atoms with Crippen LogP contribution >= 0.6 is 0 Å². The van der Waals surface area contributed by atoms with Crippen LogP contribution < -0.4 is 18.9 Å². The van der Waals surface area contributed by atoms with Crippen LogP contribution in [0.15, 0.2) is 133 Å². The lowest BCUT2D eigenvalue weighted by Crippen LogP contribution is -2.70. The molecular formula is C55H59N3O12. The molecule has 0 saturated heterocycles. The molecule has 1 saturated carbocycles. The first-order valence-corrected chi connectivity index (χ1v) is 24.2. The maximum atomic E-state index is 14.7. The normalized spacial score (nSPS) is 22.3. The first-order valence-electron chi connectivity index (χ1n) is 24.2. The van der Waals surface area contributed by atoms with Gasteiger partial charge in [-0.3, -0.25) is 15.0 Å². The second-order valence-corrected chi connectivity index (χ2v) is 18.1. The van der Waals surface area contributed by atoms with Crippen molar-refractivity contribution in [1.29, 1.82) is 0 Å². The van der Waals surface area contributed by atoms with Crippen molar-refractivity contribution in [2.45, 2.75) is 82.8 Å². The van der Waals surface area contributed by atoms with Gasteiger partial charge in [-0.2, -0.15) is 0 Å². The Bertz CT molecular complexity index is 2740. The first kappa shape index (κ1) is 48.1. The van der Waals surface area contributed by atoms with Crippen molar-refractivity contribution in [1.82, 2.24) is 4.90 Å². The minimum atomic E-state index is -1.55. The van der Waals surface area contributed by atoms with Crippen molar-refractivity contribution in [3.63, 3.8) is 0 Å². The summed E-state index contributed by atoms with van der Waals surface area (Å²) in [7, 11) is 0. The number of allylic oxidation sites excluding steroid dienone is 1. The van der Waals surface area contributed by atoms with E-state index in [1.807, 2.05) is 60.7 Å². The monoisotopic (exact) mass is 953 g/mol. The quantitative estimate of drug-likeness (QED) is 0.0308. The molecule has 2 aliphatic heterocycles. The van der Waals surface area contributed by atoms with Crippen molar-refractivity contribution in [3.8, 4) is 28.7 Å². The number of oxime groups is 1. The number of non-ortho nitro benzene ring substituents is 1. The molecule has 2 aliphatic carbocycles. The Morgan fingerprint density at radius 1 is 0.886 bits per heavy atom. The third kappa shape index (κ3) is 10.0. The zero-order chi connectivity index (χ0) is 48.6. The molecule has 1 fully saturated rings. The molecule has 1 amide bonds. The van der Waals surface area contributed by atoms with E-state index in [0.29, 0.717) is 52.9 Å².